The average molecular weight is 391 g/mol. The van der Waals surface area contributed by atoms with Crippen LogP contribution in [0.3, 0.4) is 0 Å². The normalized spacial score (nSPS) is 16.7. The maximum Gasteiger partial charge on any atom is 0.254 e. The highest BCUT2D eigenvalue weighted by Crippen LogP contribution is 2.30. The molecule has 0 saturated carbocycles. The Morgan fingerprint density at radius 3 is 2.42 bits per heavy atom. The minimum Gasteiger partial charge on any atom is -0.356 e. The lowest BCUT2D eigenvalue weighted by molar-refractivity contribution is 0.0733. The van der Waals surface area contributed by atoms with E-state index >= 15 is 0 Å². The summed E-state index contributed by atoms with van der Waals surface area (Å²) in [7, 11) is 0. The topological polar surface area (TPSA) is 49.3 Å². The Labute approximate surface area is 162 Å². The summed E-state index contributed by atoms with van der Waals surface area (Å²) in [6, 6.07) is 4.96. The monoisotopic (exact) mass is 390 g/mol. The molecule has 3 heterocycles. The molecule has 0 N–H and O–H groups in total. The molecule has 4 rings (SSSR count). The molecule has 5 nitrogen and oxygen atoms in total. The Kier molecular flexibility index (Phi) is 4.76. The van der Waals surface area contributed by atoms with Crippen molar-refractivity contribution in [3.05, 3.63) is 50.9 Å². The maximum absolute atomic E-state index is 13.0. The van der Waals surface area contributed by atoms with Gasteiger partial charge in [0.1, 0.15) is 11.6 Å². The summed E-state index contributed by atoms with van der Waals surface area (Å²) < 4.78 is 0. The van der Waals surface area contributed by atoms with Crippen LogP contribution in [0, 0.1) is 6.92 Å². The number of carbonyl (C=O) groups excluding carboxylic acids is 1. The third-order valence-electron chi connectivity index (χ3n) is 4.95. The number of aromatic nitrogens is 2. The van der Waals surface area contributed by atoms with E-state index in [1.54, 1.807) is 18.2 Å². The second-order valence-electron chi connectivity index (χ2n) is 6.85. The van der Waals surface area contributed by atoms with Crippen LogP contribution in [0.5, 0.6) is 0 Å². The second kappa shape index (κ2) is 7.05. The molecule has 2 aromatic rings. The van der Waals surface area contributed by atoms with E-state index in [0.717, 1.165) is 42.4 Å². The Balaban J connectivity index is 1.65. The van der Waals surface area contributed by atoms with Gasteiger partial charge in [0, 0.05) is 47.2 Å². The van der Waals surface area contributed by atoms with Gasteiger partial charge in [0.15, 0.2) is 0 Å². The van der Waals surface area contributed by atoms with Gasteiger partial charge in [-0.3, -0.25) is 4.79 Å². The van der Waals surface area contributed by atoms with Gasteiger partial charge in [-0.25, -0.2) is 9.97 Å². The van der Waals surface area contributed by atoms with Crippen molar-refractivity contribution >= 4 is 34.9 Å². The van der Waals surface area contributed by atoms with Gasteiger partial charge in [-0.2, -0.15) is 0 Å². The fourth-order valence-electron chi connectivity index (χ4n) is 3.74. The predicted octanol–water partition coefficient (Wildman–Crippen LogP) is 3.89. The lowest BCUT2D eigenvalue weighted by Gasteiger charge is -2.31. The minimum atomic E-state index is -0.0620. The van der Waals surface area contributed by atoms with E-state index in [9.17, 15) is 4.79 Å². The highest BCUT2D eigenvalue weighted by Gasteiger charge is 2.28. The molecule has 136 valence electrons. The van der Waals surface area contributed by atoms with Crippen molar-refractivity contribution < 1.29 is 4.79 Å². The number of nitrogens with zero attached hydrogens (tertiary/aromatic N) is 4. The minimum absolute atomic E-state index is 0.0620. The van der Waals surface area contributed by atoms with E-state index in [-0.39, 0.29) is 5.91 Å². The van der Waals surface area contributed by atoms with Crippen molar-refractivity contribution in [3.63, 3.8) is 0 Å². The Morgan fingerprint density at radius 1 is 1.04 bits per heavy atom. The van der Waals surface area contributed by atoms with E-state index in [1.807, 2.05) is 11.8 Å². The van der Waals surface area contributed by atoms with Crippen molar-refractivity contribution in [2.45, 2.75) is 32.7 Å². The van der Waals surface area contributed by atoms with Crippen LogP contribution in [0.15, 0.2) is 18.2 Å². The Morgan fingerprint density at radius 2 is 1.73 bits per heavy atom. The van der Waals surface area contributed by atoms with E-state index < -0.39 is 0 Å². The highest BCUT2D eigenvalue weighted by molar-refractivity contribution is 6.35. The van der Waals surface area contributed by atoms with Crippen LogP contribution in [-0.2, 0) is 13.0 Å². The molecule has 0 spiro atoms. The summed E-state index contributed by atoms with van der Waals surface area (Å²) in [5, 5.41) is 0.935. The first-order valence-electron chi connectivity index (χ1n) is 8.88. The summed E-state index contributed by atoms with van der Waals surface area (Å²) in [5.41, 5.74) is 2.65. The second-order valence-corrected chi connectivity index (χ2v) is 7.72. The summed E-state index contributed by atoms with van der Waals surface area (Å²) >= 11 is 12.1. The lowest BCUT2D eigenvalue weighted by atomic mass is 10.0. The Bertz CT molecular complexity index is 845. The quantitative estimate of drug-likeness (QED) is 0.780. The SMILES string of the molecule is Cc1nc2c(c(N3CCCC3)n1)CN(C(=O)c1cc(Cl)cc(Cl)c1)CC2. The average Bonchev–Trinajstić information content (AvgIpc) is 3.13. The van der Waals surface area contributed by atoms with Crippen LogP contribution in [-0.4, -0.2) is 40.4 Å². The number of aryl methyl sites for hydroxylation is 1. The van der Waals surface area contributed by atoms with E-state index in [1.165, 1.54) is 12.8 Å². The molecule has 0 atom stereocenters. The first kappa shape index (κ1) is 17.6. The molecule has 7 heteroatoms. The molecule has 1 aromatic carbocycles. The standard InChI is InChI=1S/C19H20Cl2N4O/c1-12-22-17-4-7-25(19(26)13-8-14(20)10-15(21)9-13)11-16(17)18(23-12)24-5-2-3-6-24/h8-10H,2-7,11H2,1H3. The number of rotatable bonds is 2. The van der Waals surface area contributed by atoms with Crippen molar-refractivity contribution in [3.8, 4) is 0 Å². The molecular formula is C19H20Cl2N4O. The molecule has 26 heavy (non-hydrogen) atoms. The zero-order valence-electron chi connectivity index (χ0n) is 14.6. The molecule has 1 aromatic heterocycles. The molecule has 2 aliphatic heterocycles. The molecule has 1 saturated heterocycles. The summed E-state index contributed by atoms with van der Waals surface area (Å²) in [4.78, 5) is 26.4. The number of anilines is 1. The molecule has 0 aliphatic carbocycles. The third kappa shape index (κ3) is 3.38. The van der Waals surface area contributed by atoms with Gasteiger partial charge in [0.25, 0.3) is 5.91 Å². The van der Waals surface area contributed by atoms with Crippen LogP contribution >= 0.6 is 23.2 Å². The van der Waals surface area contributed by atoms with Crippen LogP contribution < -0.4 is 4.90 Å². The number of amides is 1. The fourth-order valence-corrected chi connectivity index (χ4v) is 4.27. The van der Waals surface area contributed by atoms with Crippen LogP contribution in [0.1, 0.15) is 40.3 Å². The van der Waals surface area contributed by atoms with Crippen molar-refractivity contribution in [2.24, 2.45) is 0 Å². The van der Waals surface area contributed by atoms with Crippen LogP contribution in [0.2, 0.25) is 10.0 Å². The van der Waals surface area contributed by atoms with E-state index in [4.69, 9.17) is 28.2 Å². The summed E-state index contributed by atoms with van der Waals surface area (Å²) in [6.45, 7) is 5.11. The van der Waals surface area contributed by atoms with Crippen molar-refractivity contribution in [2.75, 3.05) is 24.5 Å². The van der Waals surface area contributed by atoms with Gasteiger partial charge in [0.05, 0.1) is 12.2 Å². The summed E-state index contributed by atoms with van der Waals surface area (Å²) in [5.74, 6) is 1.73. The van der Waals surface area contributed by atoms with Gasteiger partial charge in [0.2, 0.25) is 0 Å². The molecule has 2 aliphatic rings. The molecule has 0 unspecified atom stereocenters. The Hall–Kier alpha value is -1.85. The number of hydrogen-bond donors (Lipinski definition) is 0. The zero-order valence-corrected chi connectivity index (χ0v) is 16.1. The van der Waals surface area contributed by atoms with Gasteiger partial charge >= 0.3 is 0 Å². The van der Waals surface area contributed by atoms with Crippen LogP contribution in [0.25, 0.3) is 0 Å². The molecular weight excluding hydrogens is 371 g/mol. The van der Waals surface area contributed by atoms with Gasteiger partial charge in [-0.05, 0) is 38.0 Å². The third-order valence-corrected chi connectivity index (χ3v) is 5.39. The first-order chi connectivity index (χ1) is 12.5. The van der Waals surface area contributed by atoms with Crippen LogP contribution in [0.4, 0.5) is 5.82 Å². The fraction of sp³-hybridized carbons (Fsp3) is 0.421. The van der Waals surface area contributed by atoms with Crippen molar-refractivity contribution in [1.29, 1.82) is 0 Å². The van der Waals surface area contributed by atoms with Gasteiger partial charge < -0.3 is 9.80 Å². The smallest absolute Gasteiger partial charge is 0.254 e. The van der Waals surface area contributed by atoms with E-state index in [0.29, 0.717) is 28.7 Å². The first-order valence-corrected chi connectivity index (χ1v) is 9.63. The zero-order chi connectivity index (χ0) is 18.3. The number of carbonyl (C=O) groups is 1. The molecule has 0 bridgehead atoms. The largest absolute Gasteiger partial charge is 0.356 e. The summed E-state index contributed by atoms with van der Waals surface area (Å²) in [6.07, 6.45) is 3.10. The van der Waals surface area contributed by atoms with Crippen molar-refractivity contribution in [1.82, 2.24) is 14.9 Å². The van der Waals surface area contributed by atoms with Gasteiger partial charge in [-0.1, -0.05) is 23.2 Å². The lowest BCUT2D eigenvalue weighted by Crippen LogP contribution is -2.38. The molecule has 1 fully saturated rings. The number of fused-ring (bicyclic) bond motifs is 1. The highest BCUT2D eigenvalue weighted by atomic mass is 35.5. The molecule has 0 radical (unpaired) electrons. The maximum atomic E-state index is 13.0. The molecule has 1 amide bonds. The van der Waals surface area contributed by atoms with Gasteiger partial charge in [-0.15, -0.1) is 0 Å². The number of halogens is 2. The number of benzene rings is 1. The van der Waals surface area contributed by atoms with E-state index in [2.05, 4.69) is 9.88 Å². The predicted molar refractivity (Wildman–Crippen MR) is 103 cm³/mol. The number of hydrogen-bond acceptors (Lipinski definition) is 4.